The second-order valence-electron chi connectivity index (χ2n) is 7.25. The van der Waals surface area contributed by atoms with E-state index in [1.807, 2.05) is 6.07 Å². The van der Waals surface area contributed by atoms with Crippen LogP contribution in [0.2, 0.25) is 0 Å². The van der Waals surface area contributed by atoms with Crippen LogP contribution < -0.4 is 10.5 Å². The number of ether oxygens (including phenoxy) is 1. The molecule has 1 aliphatic heterocycles. The molecule has 0 aromatic carbocycles. The first-order chi connectivity index (χ1) is 14.1. The number of halogens is 3. The molecule has 7 nitrogen and oxygen atoms in total. The predicted octanol–water partition coefficient (Wildman–Crippen LogP) is 2.32. The lowest BCUT2D eigenvalue weighted by Gasteiger charge is -2.46. The molecule has 0 bridgehead atoms. The van der Waals surface area contributed by atoms with Crippen LogP contribution in [0.3, 0.4) is 0 Å². The quantitative estimate of drug-likeness (QED) is 0.798. The maximum Gasteiger partial charge on any atom is 0.257 e. The Labute approximate surface area is 171 Å². The van der Waals surface area contributed by atoms with Gasteiger partial charge in [0.05, 0.1) is 24.9 Å². The van der Waals surface area contributed by atoms with Crippen LogP contribution in [0.1, 0.15) is 36.1 Å². The van der Waals surface area contributed by atoms with Crippen molar-refractivity contribution in [3.63, 3.8) is 0 Å². The van der Waals surface area contributed by atoms with Gasteiger partial charge in [-0.3, -0.25) is 14.7 Å². The highest BCUT2D eigenvalue weighted by Gasteiger charge is 2.51. The Kier molecular flexibility index (Phi) is 5.67. The van der Waals surface area contributed by atoms with E-state index in [1.165, 1.54) is 37.3 Å². The summed E-state index contributed by atoms with van der Waals surface area (Å²) in [5.74, 6) is -5.81. The van der Waals surface area contributed by atoms with Gasteiger partial charge < -0.3 is 10.5 Å². The zero-order chi connectivity index (χ0) is 22.1. The minimum Gasteiger partial charge on any atom is -0.480 e. The fourth-order valence-corrected chi connectivity index (χ4v) is 3.67. The first kappa shape index (κ1) is 21.5. The molecule has 1 aliphatic rings. The van der Waals surface area contributed by atoms with Crippen LogP contribution in [0.5, 0.6) is 5.88 Å². The van der Waals surface area contributed by atoms with Crippen molar-refractivity contribution in [3.05, 3.63) is 53.2 Å². The van der Waals surface area contributed by atoms with Crippen molar-refractivity contribution in [3.8, 4) is 11.9 Å². The second-order valence-corrected chi connectivity index (χ2v) is 7.25. The number of nitrogens with zero attached hydrogens (tertiary/aromatic N) is 4. The highest BCUT2D eigenvalue weighted by molar-refractivity contribution is 5.85. The first-order valence-electron chi connectivity index (χ1n) is 9.12. The zero-order valence-electron chi connectivity index (χ0n) is 16.4. The molecule has 3 heterocycles. The minimum absolute atomic E-state index is 0.0285. The molecule has 2 N–H and O–H groups in total. The summed E-state index contributed by atoms with van der Waals surface area (Å²) in [5, 5.41) is 9.26. The maximum absolute atomic E-state index is 14.8. The summed E-state index contributed by atoms with van der Waals surface area (Å²) >= 11 is 0. The van der Waals surface area contributed by atoms with E-state index in [0.717, 1.165) is 12.3 Å². The fraction of sp³-hybridized carbons (Fsp3) is 0.400. The van der Waals surface area contributed by atoms with Crippen LogP contribution in [0.4, 0.5) is 13.2 Å². The number of carbonyl (C=O) groups is 1. The number of nitrogens with two attached hydrogens (primary N) is 1. The lowest BCUT2D eigenvalue weighted by molar-refractivity contribution is -0.139. The summed E-state index contributed by atoms with van der Waals surface area (Å²) in [7, 11) is 1.33. The Bertz CT molecular complexity index is 993. The summed E-state index contributed by atoms with van der Waals surface area (Å²) in [6.45, 7) is 1.10. The largest absolute Gasteiger partial charge is 0.480 e. The number of pyridine rings is 2. The standard InChI is InChI=1S/C20H20F3N5O2/c1-19(18(25)29,16-4-3-14(21)10-26-16)28-6-5-20(22,23)15(11-28)13-7-12(8-24)17(30-2)27-9-13/h3-4,7,9-10,15H,5-6,11H2,1-2H3,(H2,25,29)/t15-,19?/m1/s1. The van der Waals surface area contributed by atoms with Crippen molar-refractivity contribution >= 4 is 5.91 Å². The summed E-state index contributed by atoms with van der Waals surface area (Å²) in [4.78, 5) is 21.8. The molecule has 2 atom stereocenters. The normalized spacial score (nSPS) is 20.7. The van der Waals surface area contributed by atoms with E-state index in [0.29, 0.717) is 0 Å². The van der Waals surface area contributed by atoms with Crippen LogP contribution in [0, 0.1) is 17.1 Å². The van der Waals surface area contributed by atoms with Crippen LogP contribution >= 0.6 is 0 Å². The third-order valence-electron chi connectivity index (χ3n) is 5.55. The molecular formula is C20H20F3N5O2. The van der Waals surface area contributed by atoms with Crippen molar-refractivity contribution in [1.29, 1.82) is 5.26 Å². The van der Waals surface area contributed by atoms with Crippen molar-refractivity contribution in [2.75, 3.05) is 20.2 Å². The van der Waals surface area contributed by atoms with E-state index in [1.54, 1.807) is 0 Å². The molecular weight excluding hydrogens is 399 g/mol. The van der Waals surface area contributed by atoms with Crippen molar-refractivity contribution < 1.29 is 22.7 Å². The molecule has 158 valence electrons. The van der Waals surface area contributed by atoms with Gasteiger partial charge in [-0.2, -0.15) is 5.26 Å². The van der Waals surface area contributed by atoms with Gasteiger partial charge in [0.15, 0.2) is 0 Å². The average molecular weight is 419 g/mol. The fourth-order valence-electron chi connectivity index (χ4n) is 3.67. The molecule has 1 saturated heterocycles. The van der Waals surface area contributed by atoms with Gasteiger partial charge in [-0.25, -0.2) is 18.2 Å². The van der Waals surface area contributed by atoms with Crippen LogP contribution in [0.25, 0.3) is 0 Å². The van der Waals surface area contributed by atoms with E-state index in [4.69, 9.17) is 10.5 Å². The number of aromatic nitrogens is 2. The number of amides is 1. The Morgan fingerprint density at radius 3 is 2.70 bits per heavy atom. The van der Waals surface area contributed by atoms with E-state index >= 15 is 0 Å². The molecule has 3 rings (SSSR count). The number of hydrogen-bond donors (Lipinski definition) is 1. The van der Waals surface area contributed by atoms with Crippen LogP contribution in [-0.4, -0.2) is 46.9 Å². The zero-order valence-corrected chi connectivity index (χ0v) is 16.4. The molecule has 0 saturated carbocycles. The Morgan fingerprint density at radius 2 is 2.13 bits per heavy atom. The Balaban J connectivity index is 2.02. The summed E-state index contributed by atoms with van der Waals surface area (Å²) < 4.78 is 48.0. The van der Waals surface area contributed by atoms with Gasteiger partial charge in [-0.1, -0.05) is 0 Å². The number of primary amides is 1. The molecule has 2 aromatic heterocycles. The van der Waals surface area contributed by atoms with Crippen LogP contribution in [0.15, 0.2) is 30.6 Å². The van der Waals surface area contributed by atoms with Gasteiger partial charge in [-0.05, 0) is 30.7 Å². The van der Waals surface area contributed by atoms with Crippen LogP contribution in [-0.2, 0) is 10.3 Å². The van der Waals surface area contributed by atoms with Gasteiger partial charge in [0.25, 0.3) is 5.92 Å². The van der Waals surface area contributed by atoms with E-state index in [-0.39, 0.29) is 35.8 Å². The Morgan fingerprint density at radius 1 is 1.40 bits per heavy atom. The molecule has 1 fully saturated rings. The molecule has 10 heteroatoms. The third kappa shape index (κ3) is 3.68. The van der Waals surface area contributed by atoms with E-state index in [2.05, 4.69) is 9.97 Å². The first-order valence-corrected chi connectivity index (χ1v) is 9.12. The second kappa shape index (κ2) is 7.91. The van der Waals surface area contributed by atoms with E-state index < -0.39 is 35.5 Å². The average Bonchev–Trinajstić information content (AvgIpc) is 2.72. The number of carbonyl (C=O) groups excluding carboxylic acids is 1. The molecule has 30 heavy (non-hydrogen) atoms. The number of methoxy groups -OCH3 is 1. The SMILES string of the molecule is COc1ncc([C@H]2CN(C(C)(C(N)=O)c3ccc(F)cn3)CCC2(F)F)cc1C#N. The molecule has 1 unspecified atom stereocenters. The smallest absolute Gasteiger partial charge is 0.257 e. The highest BCUT2D eigenvalue weighted by Crippen LogP contribution is 2.44. The number of alkyl halides is 2. The van der Waals surface area contributed by atoms with Gasteiger partial charge in [0.1, 0.15) is 23.0 Å². The maximum atomic E-state index is 14.8. The van der Waals surface area contributed by atoms with Crippen molar-refractivity contribution in [2.24, 2.45) is 5.73 Å². The number of piperidine rings is 1. The van der Waals surface area contributed by atoms with Gasteiger partial charge in [0.2, 0.25) is 11.8 Å². The third-order valence-corrected chi connectivity index (χ3v) is 5.55. The number of rotatable bonds is 5. The minimum atomic E-state index is -3.10. The lowest BCUT2D eigenvalue weighted by Crippen LogP contribution is -2.59. The Hall–Kier alpha value is -3.19. The van der Waals surface area contributed by atoms with Gasteiger partial charge in [0, 0.05) is 25.7 Å². The van der Waals surface area contributed by atoms with E-state index in [9.17, 15) is 23.2 Å². The van der Waals surface area contributed by atoms with Gasteiger partial charge >= 0.3 is 0 Å². The summed E-state index contributed by atoms with van der Waals surface area (Å²) in [6, 6.07) is 5.63. The molecule has 0 radical (unpaired) electrons. The number of likely N-dealkylation sites (tertiary alicyclic amines) is 1. The molecule has 0 aliphatic carbocycles. The highest BCUT2D eigenvalue weighted by atomic mass is 19.3. The van der Waals surface area contributed by atoms with Gasteiger partial charge in [-0.15, -0.1) is 0 Å². The summed E-state index contributed by atoms with van der Waals surface area (Å²) in [6.07, 6.45) is 1.63. The molecule has 0 spiro atoms. The predicted molar refractivity (Wildman–Crippen MR) is 100 cm³/mol. The summed E-state index contributed by atoms with van der Waals surface area (Å²) in [5.41, 5.74) is 4.43. The van der Waals surface area contributed by atoms with Crippen molar-refractivity contribution in [1.82, 2.24) is 14.9 Å². The molecule has 2 aromatic rings. The van der Waals surface area contributed by atoms with Crippen molar-refractivity contribution in [2.45, 2.75) is 30.7 Å². The monoisotopic (exact) mass is 419 g/mol. The number of nitriles is 1. The number of hydrogen-bond acceptors (Lipinski definition) is 6. The topological polar surface area (TPSA) is 105 Å². The lowest BCUT2D eigenvalue weighted by atomic mass is 9.83. The molecule has 1 amide bonds.